The van der Waals surface area contributed by atoms with Crippen molar-refractivity contribution in [2.75, 3.05) is 0 Å². The Kier molecular flexibility index (Phi) is 4.48. The van der Waals surface area contributed by atoms with Crippen molar-refractivity contribution in [2.45, 2.75) is 17.4 Å². The highest BCUT2D eigenvalue weighted by atomic mass is 32.2. The van der Waals surface area contributed by atoms with E-state index in [9.17, 15) is 10.1 Å². The number of pyridine rings is 1. The molecule has 6 heteroatoms. The van der Waals surface area contributed by atoms with E-state index in [-0.39, 0.29) is 12.3 Å². The third-order valence-corrected chi connectivity index (χ3v) is 3.54. The van der Waals surface area contributed by atoms with Gasteiger partial charge in [0.05, 0.1) is 16.6 Å². The standard InChI is InChI=1S/C13H12N2O3S/c16-8-10-1-3-11(4-2-10)9-19-13-6-5-12(7-14-13)15(17)18/h1-7,16H,8-9H2. The van der Waals surface area contributed by atoms with Gasteiger partial charge in [0.15, 0.2) is 0 Å². The van der Waals surface area contributed by atoms with Crippen molar-refractivity contribution >= 4 is 17.4 Å². The first kappa shape index (κ1) is 13.5. The minimum Gasteiger partial charge on any atom is -0.392 e. The number of nitrogens with zero attached hydrogens (tertiary/aromatic N) is 2. The van der Waals surface area contributed by atoms with E-state index in [1.54, 1.807) is 6.07 Å². The van der Waals surface area contributed by atoms with Crippen LogP contribution in [0.2, 0.25) is 0 Å². The lowest BCUT2D eigenvalue weighted by atomic mass is 10.2. The number of rotatable bonds is 5. The zero-order chi connectivity index (χ0) is 13.7. The first-order valence-electron chi connectivity index (χ1n) is 5.61. The zero-order valence-electron chi connectivity index (χ0n) is 10.0. The van der Waals surface area contributed by atoms with Crippen molar-refractivity contribution in [1.29, 1.82) is 0 Å². The highest BCUT2D eigenvalue weighted by Gasteiger charge is 2.05. The average molecular weight is 276 g/mol. The molecule has 0 amide bonds. The average Bonchev–Trinajstić information content (AvgIpc) is 2.46. The van der Waals surface area contributed by atoms with Gasteiger partial charge in [0.1, 0.15) is 6.20 Å². The second-order valence-corrected chi connectivity index (χ2v) is 4.87. The summed E-state index contributed by atoms with van der Waals surface area (Å²) in [6.45, 7) is 0.0390. The summed E-state index contributed by atoms with van der Waals surface area (Å²) in [4.78, 5) is 14.1. The number of benzene rings is 1. The maximum absolute atomic E-state index is 10.5. The van der Waals surface area contributed by atoms with Gasteiger partial charge in [-0.15, -0.1) is 11.8 Å². The van der Waals surface area contributed by atoms with Gasteiger partial charge in [0.2, 0.25) is 0 Å². The summed E-state index contributed by atoms with van der Waals surface area (Å²) in [5.41, 5.74) is 1.99. The fourth-order valence-corrected chi connectivity index (χ4v) is 2.26. The van der Waals surface area contributed by atoms with Gasteiger partial charge in [-0.05, 0) is 17.2 Å². The number of aliphatic hydroxyl groups is 1. The van der Waals surface area contributed by atoms with E-state index in [0.29, 0.717) is 0 Å². The van der Waals surface area contributed by atoms with E-state index < -0.39 is 4.92 Å². The van der Waals surface area contributed by atoms with E-state index in [1.807, 2.05) is 24.3 Å². The second-order valence-electron chi connectivity index (χ2n) is 3.88. The fourth-order valence-electron chi connectivity index (χ4n) is 1.46. The summed E-state index contributed by atoms with van der Waals surface area (Å²) in [5, 5.41) is 20.2. The van der Waals surface area contributed by atoms with Crippen LogP contribution in [0.4, 0.5) is 5.69 Å². The van der Waals surface area contributed by atoms with Crippen molar-refractivity contribution in [3.8, 4) is 0 Å². The van der Waals surface area contributed by atoms with Crippen LogP contribution in [0.25, 0.3) is 0 Å². The molecule has 2 rings (SSSR count). The predicted octanol–water partition coefficient (Wildman–Crippen LogP) is 2.77. The van der Waals surface area contributed by atoms with Gasteiger partial charge in [-0.1, -0.05) is 24.3 Å². The first-order valence-corrected chi connectivity index (χ1v) is 6.59. The highest BCUT2D eigenvalue weighted by Crippen LogP contribution is 2.22. The summed E-state index contributed by atoms with van der Waals surface area (Å²) in [6.07, 6.45) is 1.26. The molecule has 2 aromatic rings. The summed E-state index contributed by atoms with van der Waals surface area (Å²) >= 11 is 1.51. The molecule has 1 heterocycles. The predicted molar refractivity (Wildman–Crippen MR) is 72.8 cm³/mol. The Balaban J connectivity index is 1.95. The van der Waals surface area contributed by atoms with Gasteiger partial charge in [-0.2, -0.15) is 0 Å². The number of aromatic nitrogens is 1. The van der Waals surface area contributed by atoms with Gasteiger partial charge in [-0.3, -0.25) is 10.1 Å². The van der Waals surface area contributed by atoms with Crippen molar-refractivity contribution in [1.82, 2.24) is 4.98 Å². The molecule has 98 valence electrons. The van der Waals surface area contributed by atoms with Crippen LogP contribution in [-0.2, 0) is 12.4 Å². The monoisotopic (exact) mass is 276 g/mol. The number of nitro groups is 1. The normalized spacial score (nSPS) is 10.4. The largest absolute Gasteiger partial charge is 0.392 e. The van der Waals surface area contributed by atoms with Gasteiger partial charge >= 0.3 is 0 Å². The van der Waals surface area contributed by atoms with Crippen LogP contribution < -0.4 is 0 Å². The topological polar surface area (TPSA) is 76.3 Å². The Labute approximate surface area is 114 Å². The molecule has 0 atom stereocenters. The smallest absolute Gasteiger partial charge is 0.287 e. The first-order chi connectivity index (χ1) is 9.19. The minimum atomic E-state index is -0.463. The molecular formula is C13H12N2O3S. The quantitative estimate of drug-likeness (QED) is 0.516. The third-order valence-electron chi connectivity index (χ3n) is 2.52. The van der Waals surface area contributed by atoms with Crippen molar-refractivity contribution < 1.29 is 10.0 Å². The molecule has 1 aromatic carbocycles. The van der Waals surface area contributed by atoms with Crippen LogP contribution in [0.1, 0.15) is 11.1 Å². The van der Waals surface area contributed by atoms with Crippen molar-refractivity contribution in [3.63, 3.8) is 0 Å². The fraction of sp³-hybridized carbons (Fsp3) is 0.154. The van der Waals surface area contributed by atoms with E-state index in [4.69, 9.17) is 5.11 Å². The van der Waals surface area contributed by atoms with Gasteiger partial charge < -0.3 is 5.11 Å². The molecule has 19 heavy (non-hydrogen) atoms. The molecule has 0 radical (unpaired) electrons. The summed E-state index contributed by atoms with van der Waals surface area (Å²) in [7, 11) is 0. The lowest BCUT2D eigenvalue weighted by Crippen LogP contribution is -1.90. The van der Waals surface area contributed by atoms with Crippen LogP contribution in [0.3, 0.4) is 0 Å². The van der Waals surface area contributed by atoms with Gasteiger partial charge in [-0.25, -0.2) is 4.98 Å². The lowest BCUT2D eigenvalue weighted by Gasteiger charge is -2.02. The molecule has 1 aromatic heterocycles. The zero-order valence-corrected chi connectivity index (χ0v) is 10.8. The molecule has 1 N–H and O–H groups in total. The maximum atomic E-state index is 10.5. The van der Waals surface area contributed by atoms with Gasteiger partial charge in [0, 0.05) is 11.8 Å². The van der Waals surface area contributed by atoms with Crippen LogP contribution in [0.5, 0.6) is 0 Å². The van der Waals surface area contributed by atoms with E-state index in [1.165, 1.54) is 24.0 Å². The highest BCUT2D eigenvalue weighted by molar-refractivity contribution is 7.98. The SMILES string of the molecule is O=[N+]([O-])c1ccc(SCc2ccc(CO)cc2)nc1. The number of hydrogen-bond donors (Lipinski definition) is 1. The van der Waals surface area contributed by atoms with Crippen LogP contribution in [0, 0.1) is 10.1 Å². The van der Waals surface area contributed by atoms with Crippen LogP contribution in [0.15, 0.2) is 47.6 Å². The molecule has 0 bridgehead atoms. The van der Waals surface area contributed by atoms with E-state index in [0.717, 1.165) is 21.9 Å². The molecule has 0 fully saturated rings. The number of thioether (sulfide) groups is 1. The number of hydrogen-bond acceptors (Lipinski definition) is 5. The molecule has 0 aliphatic rings. The Morgan fingerprint density at radius 3 is 2.37 bits per heavy atom. The molecule has 0 aliphatic heterocycles. The summed E-state index contributed by atoms with van der Waals surface area (Å²) in [5.74, 6) is 0.733. The summed E-state index contributed by atoms with van der Waals surface area (Å²) < 4.78 is 0. The Morgan fingerprint density at radius 1 is 1.16 bits per heavy atom. The van der Waals surface area contributed by atoms with E-state index in [2.05, 4.69) is 4.98 Å². The van der Waals surface area contributed by atoms with Crippen LogP contribution >= 0.6 is 11.8 Å². The molecule has 0 spiro atoms. The Morgan fingerprint density at radius 2 is 1.84 bits per heavy atom. The molecule has 0 saturated carbocycles. The molecule has 0 aliphatic carbocycles. The Hall–Kier alpha value is -1.92. The minimum absolute atomic E-state index is 0.00310. The lowest BCUT2D eigenvalue weighted by molar-refractivity contribution is -0.385. The molecule has 0 unspecified atom stereocenters. The maximum Gasteiger partial charge on any atom is 0.287 e. The molecular weight excluding hydrogens is 264 g/mol. The number of aliphatic hydroxyl groups excluding tert-OH is 1. The summed E-state index contributed by atoms with van der Waals surface area (Å²) in [6, 6.07) is 10.7. The second kappa shape index (κ2) is 6.31. The van der Waals surface area contributed by atoms with Crippen molar-refractivity contribution in [2.24, 2.45) is 0 Å². The molecule has 5 nitrogen and oxygen atoms in total. The Bertz CT molecular complexity index is 555. The van der Waals surface area contributed by atoms with Crippen LogP contribution in [-0.4, -0.2) is 15.0 Å². The van der Waals surface area contributed by atoms with E-state index >= 15 is 0 Å². The van der Waals surface area contributed by atoms with Gasteiger partial charge in [0.25, 0.3) is 5.69 Å². The third kappa shape index (κ3) is 3.77. The molecule has 0 saturated heterocycles. The van der Waals surface area contributed by atoms with Crippen molar-refractivity contribution in [3.05, 3.63) is 63.8 Å².